The van der Waals surface area contributed by atoms with E-state index in [2.05, 4.69) is 40.8 Å². The lowest BCUT2D eigenvalue weighted by molar-refractivity contribution is -0.176. The van der Waals surface area contributed by atoms with E-state index in [4.69, 9.17) is 9.47 Å². The molecule has 1 fully saturated rings. The average Bonchev–Trinajstić information content (AvgIpc) is 2.67. The van der Waals surface area contributed by atoms with Gasteiger partial charge in [0, 0.05) is 15.6 Å². The van der Waals surface area contributed by atoms with Crippen molar-refractivity contribution >= 4 is 22.6 Å². The Hall–Kier alpha value is -0.130. The van der Waals surface area contributed by atoms with Crippen LogP contribution in [0.4, 0.5) is 0 Å². The van der Waals surface area contributed by atoms with Crippen molar-refractivity contribution in [3.63, 3.8) is 0 Å². The van der Waals surface area contributed by atoms with Gasteiger partial charge in [0.1, 0.15) is 0 Å². The summed E-state index contributed by atoms with van der Waals surface area (Å²) >= 11 is 2.38. The molecule has 0 atom stereocenters. The minimum Gasteiger partial charge on any atom is -0.343 e. The molecule has 0 amide bonds. The zero-order chi connectivity index (χ0) is 10.3. The predicted octanol–water partition coefficient (Wildman–Crippen LogP) is 2.83. The van der Waals surface area contributed by atoms with E-state index in [1.807, 2.05) is 0 Å². The topological polar surface area (TPSA) is 18.5 Å². The van der Waals surface area contributed by atoms with Crippen LogP contribution in [-0.2, 0) is 21.7 Å². The molecule has 1 spiro atoms. The maximum atomic E-state index is 5.86. The summed E-state index contributed by atoms with van der Waals surface area (Å²) in [5.74, 6) is -0.411. The molecule has 0 unspecified atom stereocenters. The molecule has 2 nitrogen and oxygen atoms in total. The molecule has 1 aliphatic heterocycles. The Balaban J connectivity index is 2.16. The van der Waals surface area contributed by atoms with Gasteiger partial charge in [-0.2, -0.15) is 0 Å². The molecule has 2 aliphatic rings. The van der Waals surface area contributed by atoms with Crippen molar-refractivity contribution < 1.29 is 9.47 Å². The highest BCUT2D eigenvalue weighted by Crippen LogP contribution is 2.43. The molecule has 0 radical (unpaired) electrons. The summed E-state index contributed by atoms with van der Waals surface area (Å²) in [5.41, 5.74) is 2.68. The zero-order valence-corrected chi connectivity index (χ0v) is 10.6. The number of ether oxygens (including phenoxy) is 2. The summed E-state index contributed by atoms with van der Waals surface area (Å²) in [6.07, 6.45) is 3.31. The van der Waals surface area contributed by atoms with Gasteiger partial charge in [-0.1, -0.05) is 12.1 Å². The number of hydrogen-bond donors (Lipinski definition) is 0. The standard InChI is InChI=1S/C12H13IO2/c13-10-5-1-3-9-4-2-6-12(11(9)10)14-7-8-15-12/h1,3,5H,2,4,6-8H2. The first-order chi connectivity index (χ1) is 7.32. The van der Waals surface area contributed by atoms with Crippen molar-refractivity contribution in [2.45, 2.75) is 25.0 Å². The maximum absolute atomic E-state index is 5.86. The largest absolute Gasteiger partial charge is 0.343 e. The normalized spacial score (nSPS) is 23.0. The van der Waals surface area contributed by atoms with E-state index >= 15 is 0 Å². The van der Waals surface area contributed by atoms with E-state index in [-0.39, 0.29) is 0 Å². The second kappa shape index (κ2) is 3.71. The molecule has 0 aromatic heterocycles. The van der Waals surface area contributed by atoms with Gasteiger partial charge in [-0.05, 0) is 47.1 Å². The van der Waals surface area contributed by atoms with Crippen molar-refractivity contribution in [2.24, 2.45) is 0 Å². The lowest BCUT2D eigenvalue weighted by atomic mass is 9.86. The molecule has 1 saturated heterocycles. The van der Waals surface area contributed by atoms with Crippen LogP contribution in [0, 0.1) is 3.57 Å². The van der Waals surface area contributed by atoms with E-state index < -0.39 is 5.79 Å². The Bertz CT molecular complexity index is 383. The number of benzene rings is 1. The summed E-state index contributed by atoms with van der Waals surface area (Å²) < 4.78 is 13.0. The fourth-order valence-electron chi connectivity index (χ4n) is 2.58. The van der Waals surface area contributed by atoms with Crippen LogP contribution in [0.5, 0.6) is 0 Å². The van der Waals surface area contributed by atoms with E-state index in [1.165, 1.54) is 14.7 Å². The van der Waals surface area contributed by atoms with Crippen LogP contribution >= 0.6 is 22.6 Å². The van der Waals surface area contributed by atoms with Gasteiger partial charge in [-0.25, -0.2) is 0 Å². The van der Waals surface area contributed by atoms with Gasteiger partial charge in [0.15, 0.2) is 5.79 Å². The van der Waals surface area contributed by atoms with E-state index in [1.54, 1.807) is 0 Å². The maximum Gasteiger partial charge on any atom is 0.196 e. The Labute approximate surface area is 103 Å². The fourth-order valence-corrected chi connectivity index (χ4v) is 3.55. The third-order valence-corrected chi connectivity index (χ3v) is 4.09. The van der Waals surface area contributed by atoms with E-state index in [0.29, 0.717) is 0 Å². The second-order valence-electron chi connectivity index (χ2n) is 4.08. The summed E-state index contributed by atoms with van der Waals surface area (Å²) in [4.78, 5) is 0. The van der Waals surface area contributed by atoms with E-state index in [9.17, 15) is 0 Å². The molecule has 0 saturated carbocycles. The second-order valence-corrected chi connectivity index (χ2v) is 5.24. The van der Waals surface area contributed by atoms with Gasteiger partial charge in [-0.15, -0.1) is 0 Å². The van der Waals surface area contributed by atoms with Crippen molar-refractivity contribution in [1.82, 2.24) is 0 Å². The predicted molar refractivity (Wildman–Crippen MR) is 65.7 cm³/mol. The molecule has 0 bridgehead atoms. The Morgan fingerprint density at radius 2 is 2.00 bits per heavy atom. The summed E-state index contributed by atoms with van der Waals surface area (Å²) in [6, 6.07) is 6.45. The third-order valence-electron chi connectivity index (χ3n) is 3.19. The quantitative estimate of drug-likeness (QED) is 0.685. The van der Waals surface area contributed by atoms with Gasteiger partial charge in [0.25, 0.3) is 0 Å². The fraction of sp³-hybridized carbons (Fsp3) is 0.500. The smallest absolute Gasteiger partial charge is 0.196 e. The monoisotopic (exact) mass is 316 g/mol. The van der Waals surface area contributed by atoms with Crippen LogP contribution in [-0.4, -0.2) is 13.2 Å². The molecule has 1 aliphatic carbocycles. The van der Waals surface area contributed by atoms with Crippen molar-refractivity contribution in [1.29, 1.82) is 0 Å². The SMILES string of the molecule is Ic1cccc2c1C1(CCC2)OCCO1. The number of fused-ring (bicyclic) bond motifs is 2. The molecule has 1 aromatic carbocycles. The Morgan fingerprint density at radius 3 is 2.80 bits per heavy atom. The van der Waals surface area contributed by atoms with Crippen LogP contribution in [0.15, 0.2) is 18.2 Å². The highest BCUT2D eigenvalue weighted by atomic mass is 127. The molecule has 15 heavy (non-hydrogen) atoms. The summed E-state index contributed by atoms with van der Waals surface area (Å²) in [5, 5.41) is 0. The zero-order valence-electron chi connectivity index (χ0n) is 8.46. The van der Waals surface area contributed by atoms with Gasteiger partial charge < -0.3 is 9.47 Å². The third kappa shape index (κ3) is 1.52. The highest BCUT2D eigenvalue weighted by Gasteiger charge is 2.43. The van der Waals surface area contributed by atoms with Crippen LogP contribution in [0.2, 0.25) is 0 Å². The first kappa shape index (κ1) is 10.1. The van der Waals surface area contributed by atoms with Gasteiger partial charge in [0.2, 0.25) is 0 Å². The first-order valence-corrected chi connectivity index (χ1v) is 6.45. The molecular weight excluding hydrogens is 303 g/mol. The van der Waals surface area contributed by atoms with Crippen LogP contribution < -0.4 is 0 Å². The van der Waals surface area contributed by atoms with Gasteiger partial charge in [-0.3, -0.25) is 0 Å². The van der Waals surface area contributed by atoms with Crippen LogP contribution in [0.3, 0.4) is 0 Å². The number of rotatable bonds is 0. The number of hydrogen-bond acceptors (Lipinski definition) is 2. The molecular formula is C12H13IO2. The van der Waals surface area contributed by atoms with Crippen molar-refractivity contribution in [3.8, 4) is 0 Å². The minimum absolute atomic E-state index is 0.411. The lowest BCUT2D eigenvalue weighted by Gasteiger charge is -2.34. The van der Waals surface area contributed by atoms with Gasteiger partial charge >= 0.3 is 0 Å². The summed E-state index contributed by atoms with van der Waals surface area (Å²) in [6.45, 7) is 1.45. The van der Waals surface area contributed by atoms with Gasteiger partial charge in [0.05, 0.1) is 13.2 Å². The minimum atomic E-state index is -0.411. The van der Waals surface area contributed by atoms with Crippen LogP contribution in [0.25, 0.3) is 0 Å². The Morgan fingerprint density at radius 1 is 1.20 bits per heavy atom. The van der Waals surface area contributed by atoms with Crippen molar-refractivity contribution in [3.05, 3.63) is 32.9 Å². The van der Waals surface area contributed by atoms with Crippen molar-refractivity contribution in [2.75, 3.05) is 13.2 Å². The average molecular weight is 316 g/mol. The molecule has 3 rings (SSSR count). The first-order valence-electron chi connectivity index (χ1n) is 5.38. The molecule has 80 valence electrons. The lowest BCUT2D eigenvalue weighted by Crippen LogP contribution is -2.32. The molecule has 3 heteroatoms. The highest BCUT2D eigenvalue weighted by molar-refractivity contribution is 14.1. The molecule has 0 N–H and O–H groups in total. The Kier molecular flexibility index (Phi) is 2.49. The van der Waals surface area contributed by atoms with E-state index in [0.717, 1.165) is 32.5 Å². The van der Waals surface area contributed by atoms with Crippen LogP contribution in [0.1, 0.15) is 24.0 Å². The number of halogens is 1. The molecule has 1 heterocycles. The summed E-state index contributed by atoms with van der Waals surface area (Å²) in [7, 11) is 0. The molecule has 1 aromatic rings. The number of aryl methyl sites for hydroxylation is 1.